The number of halogens is 1. The van der Waals surface area contributed by atoms with Gasteiger partial charge in [-0.15, -0.1) is 0 Å². The van der Waals surface area contributed by atoms with Crippen LogP contribution in [0.4, 0.5) is 9.18 Å². The van der Waals surface area contributed by atoms with Crippen LogP contribution in [0.25, 0.3) is 0 Å². The van der Waals surface area contributed by atoms with Gasteiger partial charge in [0.1, 0.15) is 11.4 Å². The smallest absolute Gasteiger partial charge is 0.322 e. The van der Waals surface area contributed by atoms with E-state index in [1.54, 1.807) is 13.8 Å². The first-order chi connectivity index (χ1) is 13.6. The Labute approximate surface area is 168 Å². The summed E-state index contributed by atoms with van der Waals surface area (Å²) >= 11 is 0. The van der Waals surface area contributed by atoms with E-state index in [-0.39, 0.29) is 30.8 Å². The fraction of sp³-hybridized carbons (Fsp3) is 0.500. The van der Waals surface area contributed by atoms with Crippen molar-refractivity contribution in [3.63, 3.8) is 0 Å². The molecule has 0 bridgehead atoms. The molecule has 0 aromatic heterocycles. The van der Waals surface area contributed by atoms with Crippen LogP contribution in [0, 0.1) is 11.7 Å². The quantitative estimate of drug-likeness (QED) is 0.681. The van der Waals surface area contributed by atoms with Crippen molar-refractivity contribution < 1.29 is 27.2 Å². The van der Waals surface area contributed by atoms with Crippen LogP contribution in [0.5, 0.6) is 0 Å². The zero-order valence-corrected chi connectivity index (χ0v) is 17.0. The van der Waals surface area contributed by atoms with Crippen LogP contribution in [0.3, 0.4) is 0 Å². The molecular formula is C18H23FN4O5S. The van der Waals surface area contributed by atoms with E-state index in [0.717, 1.165) is 12.1 Å². The zero-order chi connectivity index (χ0) is 21.4. The number of hydrogen-bond acceptors (Lipinski definition) is 5. The van der Waals surface area contributed by atoms with Gasteiger partial charge in [-0.1, -0.05) is 6.92 Å². The summed E-state index contributed by atoms with van der Waals surface area (Å²) in [5.41, 5.74) is 1.29. The van der Waals surface area contributed by atoms with Crippen molar-refractivity contribution >= 4 is 27.9 Å². The van der Waals surface area contributed by atoms with Gasteiger partial charge < -0.3 is 5.32 Å². The van der Waals surface area contributed by atoms with Crippen LogP contribution in [0.2, 0.25) is 0 Å². The largest absolute Gasteiger partial charge is 0.344 e. The Morgan fingerprint density at radius 1 is 1.24 bits per heavy atom. The molecule has 2 aliphatic heterocycles. The molecule has 0 saturated carbocycles. The maximum Gasteiger partial charge on any atom is 0.344 e. The number of nitrogens with one attached hydrogen (secondary N) is 2. The average molecular weight is 426 g/mol. The van der Waals surface area contributed by atoms with E-state index in [2.05, 4.69) is 10.7 Å². The average Bonchev–Trinajstić information content (AvgIpc) is 2.92. The van der Waals surface area contributed by atoms with E-state index in [9.17, 15) is 27.2 Å². The normalized spacial score (nSPS) is 23.9. The molecule has 2 fully saturated rings. The van der Waals surface area contributed by atoms with Gasteiger partial charge >= 0.3 is 6.03 Å². The summed E-state index contributed by atoms with van der Waals surface area (Å²) < 4.78 is 39.6. The van der Waals surface area contributed by atoms with Crippen molar-refractivity contribution in [2.75, 3.05) is 13.1 Å². The Balaban J connectivity index is 1.61. The van der Waals surface area contributed by atoms with E-state index >= 15 is 0 Å². The van der Waals surface area contributed by atoms with Crippen molar-refractivity contribution in [3.8, 4) is 0 Å². The first kappa shape index (κ1) is 21.2. The van der Waals surface area contributed by atoms with Crippen molar-refractivity contribution in [1.82, 2.24) is 20.1 Å². The first-order valence-corrected chi connectivity index (χ1v) is 10.8. The van der Waals surface area contributed by atoms with Crippen molar-refractivity contribution in [2.24, 2.45) is 5.92 Å². The number of amides is 4. The molecule has 1 aromatic carbocycles. The number of rotatable bonds is 5. The molecule has 29 heavy (non-hydrogen) atoms. The number of carbonyl (C=O) groups is 3. The van der Waals surface area contributed by atoms with E-state index in [0.29, 0.717) is 11.4 Å². The van der Waals surface area contributed by atoms with Gasteiger partial charge in [0.25, 0.3) is 5.91 Å². The summed E-state index contributed by atoms with van der Waals surface area (Å²) in [6.45, 7) is 3.54. The van der Waals surface area contributed by atoms with Gasteiger partial charge in [0.05, 0.1) is 4.90 Å². The molecular weight excluding hydrogens is 403 g/mol. The summed E-state index contributed by atoms with van der Waals surface area (Å²) in [6, 6.07) is 3.87. The third-order valence-corrected chi connectivity index (χ3v) is 7.38. The molecule has 2 saturated heterocycles. The van der Waals surface area contributed by atoms with Gasteiger partial charge in [0.15, 0.2) is 0 Å². The second-order valence-corrected chi connectivity index (χ2v) is 9.30. The van der Waals surface area contributed by atoms with E-state index in [4.69, 9.17) is 0 Å². The van der Waals surface area contributed by atoms with Gasteiger partial charge in [-0.25, -0.2) is 17.6 Å². The fourth-order valence-electron chi connectivity index (χ4n) is 3.34. The number of benzene rings is 1. The minimum atomic E-state index is -3.78. The van der Waals surface area contributed by atoms with Crippen LogP contribution in [0.15, 0.2) is 29.2 Å². The third-order valence-electron chi connectivity index (χ3n) is 5.47. The molecule has 0 aliphatic carbocycles. The summed E-state index contributed by atoms with van der Waals surface area (Å²) in [7, 11) is -3.78. The van der Waals surface area contributed by atoms with E-state index < -0.39 is 45.1 Å². The van der Waals surface area contributed by atoms with E-state index in [1.165, 1.54) is 16.4 Å². The Bertz CT molecular complexity index is 928. The third kappa shape index (κ3) is 3.97. The second kappa shape index (κ2) is 7.71. The van der Waals surface area contributed by atoms with Gasteiger partial charge in [-0.05, 0) is 50.5 Å². The van der Waals surface area contributed by atoms with Crippen LogP contribution >= 0.6 is 0 Å². The van der Waals surface area contributed by atoms with Crippen LogP contribution < -0.4 is 10.7 Å². The maximum atomic E-state index is 13.0. The van der Waals surface area contributed by atoms with Crippen LogP contribution in [-0.2, 0) is 19.6 Å². The molecule has 4 amide bonds. The lowest BCUT2D eigenvalue weighted by molar-refractivity contribution is -0.140. The topological polar surface area (TPSA) is 116 Å². The molecule has 0 radical (unpaired) electrons. The predicted octanol–water partition coefficient (Wildman–Crippen LogP) is 0.978. The summed E-state index contributed by atoms with van der Waals surface area (Å²) in [5, 5.41) is 3.23. The SMILES string of the molecule is CC[C@]1(C)NC(=O)N(NC(=O)C2CCN(S(=O)(=O)c3ccc(F)cc3)CC2)C1=O. The first-order valence-electron chi connectivity index (χ1n) is 9.31. The number of nitrogens with zero attached hydrogens (tertiary/aromatic N) is 2. The lowest BCUT2D eigenvalue weighted by atomic mass is 9.97. The highest BCUT2D eigenvalue weighted by molar-refractivity contribution is 7.89. The minimum absolute atomic E-state index is 0.0139. The van der Waals surface area contributed by atoms with Crippen molar-refractivity contribution in [1.29, 1.82) is 0 Å². The molecule has 9 nitrogen and oxygen atoms in total. The number of piperidine rings is 1. The number of sulfonamides is 1. The maximum absolute atomic E-state index is 13.0. The number of carbonyl (C=O) groups excluding carboxylic acids is 3. The molecule has 0 unspecified atom stereocenters. The number of urea groups is 1. The van der Waals surface area contributed by atoms with Crippen molar-refractivity contribution in [2.45, 2.75) is 43.5 Å². The molecule has 0 spiro atoms. The molecule has 2 heterocycles. The lowest BCUT2D eigenvalue weighted by Crippen LogP contribution is -2.51. The standard InChI is InChI=1S/C18H23FN4O5S/c1-3-18(2)16(25)23(17(26)20-18)21-15(24)12-8-10-22(11-9-12)29(27,28)14-6-4-13(19)5-7-14/h4-7,12H,3,8-11H2,1-2H3,(H,20,26)(H,21,24)/t18-/m0/s1. The van der Waals surface area contributed by atoms with Gasteiger partial charge in [0.2, 0.25) is 15.9 Å². The number of imide groups is 1. The van der Waals surface area contributed by atoms with Crippen molar-refractivity contribution in [3.05, 3.63) is 30.1 Å². The molecule has 1 atom stereocenters. The Morgan fingerprint density at radius 2 is 1.83 bits per heavy atom. The number of hydrazine groups is 1. The van der Waals surface area contributed by atoms with Gasteiger partial charge in [-0.2, -0.15) is 9.31 Å². The Kier molecular flexibility index (Phi) is 5.63. The van der Waals surface area contributed by atoms with Gasteiger partial charge in [0, 0.05) is 19.0 Å². The molecule has 1 aromatic rings. The van der Waals surface area contributed by atoms with Crippen LogP contribution in [0.1, 0.15) is 33.1 Å². The lowest BCUT2D eigenvalue weighted by Gasteiger charge is -2.31. The van der Waals surface area contributed by atoms with Crippen LogP contribution in [-0.4, -0.2) is 54.2 Å². The second-order valence-electron chi connectivity index (χ2n) is 7.36. The predicted molar refractivity (Wildman–Crippen MR) is 100 cm³/mol. The van der Waals surface area contributed by atoms with E-state index in [1.807, 2.05) is 0 Å². The number of hydrogen-bond donors (Lipinski definition) is 2. The highest BCUT2D eigenvalue weighted by Crippen LogP contribution is 2.25. The molecule has 2 aliphatic rings. The van der Waals surface area contributed by atoms with Gasteiger partial charge in [-0.3, -0.25) is 15.0 Å². The fourth-order valence-corrected chi connectivity index (χ4v) is 4.81. The summed E-state index contributed by atoms with van der Waals surface area (Å²) in [5.74, 6) is -2.11. The minimum Gasteiger partial charge on any atom is -0.322 e. The summed E-state index contributed by atoms with van der Waals surface area (Å²) in [4.78, 5) is 36.9. The summed E-state index contributed by atoms with van der Waals surface area (Å²) in [6.07, 6.45) is 0.853. The zero-order valence-electron chi connectivity index (χ0n) is 16.1. The highest BCUT2D eigenvalue weighted by Gasteiger charge is 2.48. The molecule has 158 valence electrons. The molecule has 3 rings (SSSR count). The molecule has 2 N–H and O–H groups in total. The monoisotopic (exact) mass is 426 g/mol. The Morgan fingerprint density at radius 3 is 2.34 bits per heavy atom. The highest BCUT2D eigenvalue weighted by atomic mass is 32.2. The Hall–Kier alpha value is -2.53. The molecule has 11 heteroatoms.